The van der Waals surface area contributed by atoms with Crippen molar-refractivity contribution in [1.29, 1.82) is 0 Å². The molecule has 0 radical (unpaired) electrons. The average molecular weight is 344 g/mol. The van der Waals surface area contributed by atoms with Crippen molar-refractivity contribution in [2.75, 3.05) is 24.3 Å². The molecule has 0 aliphatic heterocycles. The van der Waals surface area contributed by atoms with Gasteiger partial charge in [-0.3, -0.25) is 0 Å². The molecule has 0 spiro atoms. The molecule has 2 rings (SSSR count). The highest BCUT2D eigenvalue weighted by atomic mass is 79.9. The van der Waals surface area contributed by atoms with Crippen LogP contribution in [0.3, 0.4) is 0 Å². The van der Waals surface area contributed by atoms with Crippen LogP contribution in [0.2, 0.25) is 5.02 Å². The van der Waals surface area contributed by atoms with E-state index in [0.717, 1.165) is 21.8 Å². The monoisotopic (exact) mass is 342 g/mol. The largest absolute Gasteiger partial charge is 0.379 e. The summed E-state index contributed by atoms with van der Waals surface area (Å²) in [5, 5.41) is 4.04. The fourth-order valence-corrected chi connectivity index (χ4v) is 2.24. The number of aromatic nitrogens is 2. The molecule has 0 unspecified atom stereocenters. The van der Waals surface area contributed by atoms with Crippen molar-refractivity contribution >= 4 is 39.2 Å². The molecule has 0 fully saturated rings. The Morgan fingerprint density at radius 3 is 2.74 bits per heavy atom. The second kappa shape index (κ2) is 5.84. The quantitative estimate of drug-likeness (QED) is 0.922. The van der Waals surface area contributed by atoms with Crippen molar-refractivity contribution in [2.45, 2.75) is 6.54 Å². The molecule has 2 aromatic rings. The number of hydrogen-bond acceptors (Lipinski definition) is 3. The first kappa shape index (κ1) is 14.2. The Morgan fingerprint density at radius 2 is 2.16 bits per heavy atom. The zero-order valence-corrected chi connectivity index (χ0v) is 13.5. The second-order valence-corrected chi connectivity index (χ2v) is 5.75. The Bertz CT molecular complexity index is 580. The summed E-state index contributed by atoms with van der Waals surface area (Å²) >= 11 is 9.44. The summed E-state index contributed by atoms with van der Waals surface area (Å²) in [6.07, 6.45) is 1.88. The second-order valence-electron chi connectivity index (χ2n) is 4.49. The first-order valence-corrected chi connectivity index (χ1v) is 7.03. The van der Waals surface area contributed by atoms with Crippen molar-refractivity contribution in [3.05, 3.63) is 39.6 Å². The zero-order chi connectivity index (χ0) is 14.0. The maximum Gasteiger partial charge on any atom is 0.204 e. The van der Waals surface area contributed by atoms with Crippen molar-refractivity contribution in [3.8, 4) is 0 Å². The van der Waals surface area contributed by atoms with Gasteiger partial charge in [-0.2, -0.15) is 0 Å². The highest BCUT2D eigenvalue weighted by Gasteiger charge is 2.07. The lowest BCUT2D eigenvalue weighted by Crippen LogP contribution is -2.15. The Kier molecular flexibility index (Phi) is 4.37. The number of imidazole rings is 1. The summed E-state index contributed by atoms with van der Waals surface area (Å²) in [7, 11) is 5.97. The summed E-state index contributed by atoms with van der Waals surface area (Å²) in [5.74, 6) is 0.936. The van der Waals surface area contributed by atoms with E-state index in [9.17, 15) is 0 Å². The Morgan fingerprint density at radius 1 is 1.42 bits per heavy atom. The summed E-state index contributed by atoms with van der Waals surface area (Å²) in [5.41, 5.74) is 2.10. The fourth-order valence-electron chi connectivity index (χ4n) is 1.81. The number of halogens is 2. The van der Waals surface area contributed by atoms with Crippen LogP contribution in [0.15, 0.2) is 28.9 Å². The van der Waals surface area contributed by atoms with Crippen LogP contribution in [-0.4, -0.2) is 23.6 Å². The molecule has 0 saturated heterocycles. The lowest BCUT2D eigenvalue weighted by Gasteiger charge is -2.13. The predicted octanol–water partition coefficient (Wildman–Crippen LogP) is 3.51. The Balaban J connectivity index is 2.08. The molecule has 0 amide bonds. The molecule has 102 valence electrons. The van der Waals surface area contributed by atoms with Crippen molar-refractivity contribution in [1.82, 2.24) is 9.55 Å². The topological polar surface area (TPSA) is 33.1 Å². The third-order valence-electron chi connectivity index (χ3n) is 2.85. The van der Waals surface area contributed by atoms with Crippen LogP contribution >= 0.6 is 27.5 Å². The number of anilines is 2. The van der Waals surface area contributed by atoms with Gasteiger partial charge in [-0.15, -0.1) is 0 Å². The minimum atomic E-state index is 0.698. The maximum absolute atomic E-state index is 6.06. The molecule has 1 aromatic heterocycles. The van der Waals surface area contributed by atoms with Gasteiger partial charge in [0.15, 0.2) is 0 Å². The lowest BCUT2D eigenvalue weighted by atomic mass is 10.3. The van der Waals surface area contributed by atoms with Crippen LogP contribution in [0, 0.1) is 0 Å². The van der Waals surface area contributed by atoms with Crippen molar-refractivity contribution in [2.24, 2.45) is 7.05 Å². The van der Waals surface area contributed by atoms with Crippen LogP contribution in [0.4, 0.5) is 11.6 Å². The van der Waals surface area contributed by atoms with E-state index in [0.29, 0.717) is 11.6 Å². The molecular formula is C13H16BrClN4. The predicted molar refractivity (Wildman–Crippen MR) is 84.0 cm³/mol. The van der Waals surface area contributed by atoms with E-state index in [1.165, 1.54) is 0 Å². The van der Waals surface area contributed by atoms with Gasteiger partial charge in [0.2, 0.25) is 5.95 Å². The van der Waals surface area contributed by atoms with E-state index in [1.807, 2.05) is 50.4 Å². The van der Waals surface area contributed by atoms with Gasteiger partial charge in [0.1, 0.15) is 0 Å². The molecule has 0 bridgehead atoms. The number of hydrogen-bond donors (Lipinski definition) is 1. The minimum absolute atomic E-state index is 0.698. The molecule has 0 saturated carbocycles. The van der Waals surface area contributed by atoms with E-state index in [1.54, 1.807) is 0 Å². The number of nitrogens with one attached hydrogen (secondary N) is 1. The average Bonchev–Trinajstić information content (AvgIpc) is 2.72. The van der Waals surface area contributed by atoms with Crippen molar-refractivity contribution < 1.29 is 0 Å². The van der Waals surface area contributed by atoms with E-state index in [4.69, 9.17) is 11.6 Å². The van der Waals surface area contributed by atoms with E-state index < -0.39 is 0 Å². The number of nitrogens with zero attached hydrogens (tertiary/aromatic N) is 3. The highest BCUT2D eigenvalue weighted by Crippen LogP contribution is 2.25. The molecule has 4 nitrogen and oxygen atoms in total. The molecule has 19 heavy (non-hydrogen) atoms. The maximum atomic E-state index is 6.06. The molecule has 0 aliphatic carbocycles. The van der Waals surface area contributed by atoms with Crippen LogP contribution < -0.4 is 10.2 Å². The fraction of sp³-hybridized carbons (Fsp3) is 0.308. The van der Waals surface area contributed by atoms with Crippen LogP contribution in [0.5, 0.6) is 0 Å². The summed E-state index contributed by atoms with van der Waals surface area (Å²) < 4.78 is 2.96. The van der Waals surface area contributed by atoms with Gasteiger partial charge >= 0.3 is 0 Å². The van der Waals surface area contributed by atoms with Gasteiger partial charge in [-0.05, 0) is 34.1 Å². The third kappa shape index (κ3) is 3.22. The summed E-state index contributed by atoms with van der Waals surface area (Å²) in [6, 6.07) is 5.81. The van der Waals surface area contributed by atoms with E-state index in [2.05, 4.69) is 30.8 Å². The molecule has 0 atom stereocenters. The molecular weight excluding hydrogens is 328 g/mol. The van der Waals surface area contributed by atoms with Crippen LogP contribution in [0.25, 0.3) is 0 Å². The minimum Gasteiger partial charge on any atom is -0.379 e. The van der Waals surface area contributed by atoms with Gasteiger partial charge < -0.3 is 14.8 Å². The molecule has 1 aromatic carbocycles. The van der Waals surface area contributed by atoms with Gasteiger partial charge in [0, 0.05) is 31.3 Å². The molecule has 0 aliphatic rings. The van der Waals surface area contributed by atoms with Gasteiger partial charge in [-0.25, -0.2) is 4.98 Å². The smallest absolute Gasteiger partial charge is 0.204 e. The first-order chi connectivity index (χ1) is 8.99. The Hall–Kier alpha value is -1.20. The summed E-state index contributed by atoms with van der Waals surface area (Å²) in [6.45, 7) is 0.704. The zero-order valence-electron chi connectivity index (χ0n) is 11.1. The third-order valence-corrected chi connectivity index (χ3v) is 4.09. The van der Waals surface area contributed by atoms with Crippen LogP contribution in [-0.2, 0) is 13.6 Å². The first-order valence-electron chi connectivity index (χ1n) is 5.86. The SMILES string of the molecule is CN(C)c1ncc(CNc2ccc(Br)c(Cl)c2)n1C. The van der Waals surface area contributed by atoms with Gasteiger partial charge in [0.25, 0.3) is 0 Å². The van der Waals surface area contributed by atoms with Gasteiger partial charge in [-0.1, -0.05) is 11.6 Å². The number of benzene rings is 1. The lowest BCUT2D eigenvalue weighted by molar-refractivity contribution is 0.814. The van der Waals surface area contributed by atoms with Gasteiger partial charge in [0.05, 0.1) is 23.5 Å². The highest BCUT2D eigenvalue weighted by molar-refractivity contribution is 9.10. The normalized spacial score (nSPS) is 10.6. The van der Waals surface area contributed by atoms with E-state index >= 15 is 0 Å². The van der Waals surface area contributed by atoms with Crippen molar-refractivity contribution in [3.63, 3.8) is 0 Å². The van der Waals surface area contributed by atoms with E-state index in [-0.39, 0.29) is 0 Å². The van der Waals surface area contributed by atoms with Crippen LogP contribution in [0.1, 0.15) is 5.69 Å². The Labute approximate surface area is 126 Å². The molecule has 1 N–H and O–H groups in total. The molecule has 1 heterocycles. The summed E-state index contributed by atoms with van der Waals surface area (Å²) in [4.78, 5) is 6.36. The number of rotatable bonds is 4. The standard InChI is InChI=1S/C13H16BrClN4/c1-18(2)13-17-8-10(19(13)3)7-16-9-4-5-11(14)12(15)6-9/h4-6,8,16H,7H2,1-3H3. The molecule has 6 heteroatoms.